The highest BCUT2D eigenvalue weighted by Gasteiger charge is 2.31. The summed E-state index contributed by atoms with van der Waals surface area (Å²) in [7, 11) is 0. The molecule has 0 aliphatic heterocycles. The van der Waals surface area contributed by atoms with Gasteiger partial charge in [0.05, 0.1) is 0 Å². The molecule has 0 saturated heterocycles. The molecule has 0 spiro atoms. The predicted octanol–water partition coefficient (Wildman–Crippen LogP) is -2.39. The Labute approximate surface area is 45.8 Å². The van der Waals surface area contributed by atoms with Crippen LogP contribution in [0.2, 0.25) is 0 Å². The summed E-state index contributed by atoms with van der Waals surface area (Å²) in [6.45, 7) is 2.08. The van der Waals surface area contributed by atoms with E-state index in [1.165, 1.54) is 12.8 Å². The zero-order valence-electron chi connectivity index (χ0n) is 4.87. The van der Waals surface area contributed by atoms with Gasteiger partial charge in [0, 0.05) is 5.54 Å². The van der Waals surface area contributed by atoms with Gasteiger partial charge in [0.1, 0.15) is 0 Å². The number of rotatable bonds is 0. The van der Waals surface area contributed by atoms with Crippen LogP contribution in [0.4, 0.5) is 0 Å². The van der Waals surface area contributed by atoms with Crippen LogP contribution in [0, 0.1) is 0 Å². The summed E-state index contributed by atoms with van der Waals surface area (Å²) in [5.74, 6) is 0. The van der Waals surface area contributed by atoms with Crippen molar-refractivity contribution >= 4 is 0 Å². The lowest BCUT2D eigenvalue weighted by molar-refractivity contribution is -0.00000154. The molecule has 1 nitrogen and oxygen atoms in total. The topological polar surface area (TPSA) is 26.0 Å². The quantitative estimate of drug-likeness (QED) is 0.368. The first-order valence-corrected chi connectivity index (χ1v) is 2.00. The summed E-state index contributed by atoms with van der Waals surface area (Å²) >= 11 is 0. The fraction of sp³-hybridized carbons (Fsp3) is 1.00. The van der Waals surface area contributed by atoms with E-state index in [2.05, 4.69) is 6.92 Å². The van der Waals surface area contributed by atoms with Crippen LogP contribution in [0.15, 0.2) is 0 Å². The van der Waals surface area contributed by atoms with Gasteiger partial charge in [-0.15, -0.1) is 0 Å². The summed E-state index contributed by atoms with van der Waals surface area (Å²) in [4.78, 5) is 0. The van der Waals surface area contributed by atoms with Crippen molar-refractivity contribution in [1.82, 2.24) is 0 Å². The highest BCUT2D eigenvalue weighted by molar-refractivity contribution is 4.93. The second-order valence-corrected chi connectivity index (χ2v) is 2.15. The maximum atomic E-state index is 5.47. The summed E-state index contributed by atoms with van der Waals surface area (Å²) in [5, 5.41) is 0. The van der Waals surface area contributed by atoms with E-state index in [0.29, 0.717) is 0 Å². The molecule has 1 fully saturated rings. The summed E-state index contributed by atoms with van der Waals surface area (Å²) in [6, 6.07) is 0. The third kappa shape index (κ3) is 1.63. The third-order valence-corrected chi connectivity index (χ3v) is 1.04. The summed E-state index contributed by atoms with van der Waals surface area (Å²) < 4.78 is 0. The molecule has 0 bridgehead atoms. The minimum atomic E-state index is 0. The third-order valence-electron chi connectivity index (χ3n) is 1.04. The Bertz CT molecular complexity index is 49.7. The molecule has 0 aromatic carbocycles. The van der Waals surface area contributed by atoms with Crippen LogP contribution >= 0.6 is 0 Å². The van der Waals surface area contributed by atoms with E-state index in [1.54, 1.807) is 0 Å². The lowest BCUT2D eigenvalue weighted by Crippen LogP contribution is -3.00. The zero-order valence-corrected chi connectivity index (χ0v) is 4.63. The number of hydrogen-bond acceptors (Lipinski definition) is 1. The molecule has 0 aromatic rings. The maximum Gasteiger partial charge on any atom is 1.00 e. The van der Waals surface area contributed by atoms with Crippen molar-refractivity contribution in [2.45, 2.75) is 25.3 Å². The predicted molar refractivity (Wildman–Crippen MR) is 22.9 cm³/mol. The molecule has 2 heteroatoms. The Balaban J connectivity index is 0. The van der Waals surface area contributed by atoms with Crippen LogP contribution in [0.3, 0.4) is 0 Å². The van der Waals surface area contributed by atoms with E-state index in [0.717, 1.165) is 0 Å². The van der Waals surface area contributed by atoms with Gasteiger partial charge in [-0.25, -0.2) is 0 Å². The molecule has 0 amide bonds. The molecule has 0 aromatic heterocycles. The Morgan fingerprint density at radius 1 is 1.67 bits per heavy atom. The molecule has 0 heterocycles. The first-order chi connectivity index (χ1) is 2.21. The SMILES string of the molecule is CC1(N)CC1.[Cl-].[H+]. The monoisotopic (exact) mass is 107 g/mol. The van der Waals surface area contributed by atoms with Crippen LogP contribution in [0.25, 0.3) is 0 Å². The lowest BCUT2D eigenvalue weighted by atomic mass is 10.4. The molecule has 1 rings (SSSR count). The Hall–Kier alpha value is 0.250. The largest absolute Gasteiger partial charge is 1.00 e. The molecule has 2 N–H and O–H groups in total. The minimum Gasteiger partial charge on any atom is -1.00 e. The maximum absolute atomic E-state index is 5.47. The lowest BCUT2D eigenvalue weighted by Gasteiger charge is -1.88. The molecule has 38 valence electrons. The molecule has 1 aliphatic rings. The fourth-order valence-electron chi connectivity index (χ4n) is 0.197. The molecule has 6 heavy (non-hydrogen) atoms. The Morgan fingerprint density at radius 2 is 1.83 bits per heavy atom. The van der Waals surface area contributed by atoms with Crippen molar-refractivity contribution in [3.8, 4) is 0 Å². The van der Waals surface area contributed by atoms with Gasteiger partial charge in [0.25, 0.3) is 0 Å². The van der Waals surface area contributed by atoms with Gasteiger partial charge in [-0.3, -0.25) is 0 Å². The van der Waals surface area contributed by atoms with Gasteiger partial charge in [-0.05, 0) is 19.8 Å². The average Bonchev–Trinajstić information content (AvgIpc) is 1.76. The van der Waals surface area contributed by atoms with Gasteiger partial charge >= 0.3 is 1.43 Å². The second kappa shape index (κ2) is 1.39. The average molecular weight is 108 g/mol. The molecule has 0 radical (unpaired) electrons. The minimum absolute atomic E-state index is 0. The first-order valence-electron chi connectivity index (χ1n) is 2.00. The number of nitrogens with two attached hydrogens (primary N) is 1. The van der Waals surface area contributed by atoms with Crippen LogP contribution < -0.4 is 18.1 Å². The van der Waals surface area contributed by atoms with E-state index in [1.807, 2.05) is 0 Å². The van der Waals surface area contributed by atoms with Crippen LogP contribution in [0.5, 0.6) is 0 Å². The molecular formula is C4H10ClN. The van der Waals surface area contributed by atoms with Gasteiger partial charge < -0.3 is 18.1 Å². The van der Waals surface area contributed by atoms with Crippen molar-refractivity contribution in [1.29, 1.82) is 0 Å². The normalized spacial score (nSPS) is 25.0. The van der Waals surface area contributed by atoms with E-state index in [9.17, 15) is 0 Å². The van der Waals surface area contributed by atoms with Gasteiger partial charge in [0.15, 0.2) is 0 Å². The van der Waals surface area contributed by atoms with Crippen molar-refractivity contribution < 1.29 is 13.8 Å². The van der Waals surface area contributed by atoms with E-state index in [4.69, 9.17) is 5.73 Å². The van der Waals surface area contributed by atoms with Gasteiger partial charge in [-0.1, -0.05) is 0 Å². The molecule has 1 aliphatic carbocycles. The molecule has 1 saturated carbocycles. The summed E-state index contributed by atoms with van der Waals surface area (Å²) in [6.07, 6.45) is 2.46. The van der Waals surface area contributed by atoms with Crippen molar-refractivity contribution in [3.63, 3.8) is 0 Å². The summed E-state index contributed by atoms with van der Waals surface area (Å²) in [5.41, 5.74) is 5.72. The van der Waals surface area contributed by atoms with E-state index in [-0.39, 0.29) is 19.4 Å². The Morgan fingerprint density at radius 3 is 1.83 bits per heavy atom. The Kier molecular flexibility index (Phi) is 1.45. The van der Waals surface area contributed by atoms with Gasteiger partial charge in [-0.2, -0.15) is 0 Å². The van der Waals surface area contributed by atoms with Gasteiger partial charge in [0.2, 0.25) is 0 Å². The smallest absolute Gasteiger partial charge is 1.00 e. The fourth-order valence-corrected chi connectivity index (χ4v) is 0.197. The standard InChI is InChI=1S/C4H9N.ClH/c1-4(5)2-3-4;/h2-3,5H2,1H3;1H. The zero-order chi connectivity index (χ0) is 3.91. The van der Waals surface area contributed by atoms with E-state index < -0.39 is 0 Å². The van der Waals surface area contributed by atoms with Crippen LogP contribution in [-0.2, 0) is 0 Å². The number of hydrogen-bond donors (Lipinski definition) is 1. The number of halogens is 1. The molecule has 0 unspecified atom stereocenters. The second-order valence-electron chi connectivity index (χ2n) is 2.15. The molecular weight excluding hydrogens is 97.5 g/mol. The highest BCUT2D eigenvalue weighted by Crippen LogP contribution is 2.30. The van der Waals surface area contributed by atoms with Crippen LogP contribution in [0.1, 0.15) is 21.2 Å². The highest BCUT2D eigenvalue weighted by atomic mass is 35.5. The van der Waals surface area contributed by atoms with Crippen molar-refractivity contribution in [2.24, 2.45) is 5.73 Å². The van der Waals surface area contributed by atoms with Crippen molar-refractivity contribution in [3.05, 3.63) is 0 Å². The molecule has 0 atom stereocenters. The van der Waals surface area contributed by atoms with Crippen molar-refractivity contribution in [2.75, 3.05) is 0 Å². The van der Waals surface area contributed by atoms with Crippen LogP contribution in [-0.4, -0.2) is 5.54 Å². The first kappa shape index (κ1) is 6.25. The van der Waals surface area contributed by atoms with E-state index >= 15 is 0 Å².